The normalized spacial score (nSPS) is 19.6. The van der Waals surface area contributed by atoms with Gasteiger partial charge in [-0.25, -0.2) is 19.0 Å². The Hall–Kier alpha value is -4.67. The summed E-state index contributed by atoms with van der Waals surface area (Å²) in [6, 6.07) is 8.34. The lowest BCUT2D eigenvalue weighted by atomic mass is 10.1. The molecule has 0 amide bonds. The molecule has 0 bridgehead atoms. The van der Waals surface area contributed by atoms with E-state index in [1.807, 2.05) is 9.03 Å². The van der Waals surface area contributed by atoms with Crippen LogP contribution in [-0.2, 0) is 0 Å². The standard InChI is InChI=1S/C31H37N11/c1-18-9-11-24-26(30(37-41(24)20(18)3)39-13-5-6-14-39)34-28-22(32)17-23(33)29(36-28)35-27-25-12-10-19(2)21(4)42(25)38-31(27)40-15-7-8-16-40/h9-12,17,32H,5-8,13-16,33H2,1-4H3,(H,34,35,36). The van der Waals surface area contributed by atoms with E-state index in [0.717, 1.165) is 97.3 Å². The smallest absolute Gasteiger partial charge is 0.177 e. The van der Waals surface area contributed by atoms with Gasteiger partial charge in [0.1, 0.15) is 11.4 Å². The minimum atomic E-state index is 0.202. The molecule has 0 unspecified atom stereocenters. The number of hydrogen-bond donors (Lipinski definition) is 3. The lowest BCUT2D eigenvalue weighted by molar-refractivity contribution is 0.858. The number of nitrogens with two attached hydrogens (primary N) is 1. The molecule has 11 heteroatoms. The Kier molecular flexibility index (Phi) is 6.25. The maximum Gasteiger partial charge on any atom is 0.177 e. The molecule has 0 saturated carbocycles. The topological polar surface area (TPSA) is 128 Å². The van der Waals surface area contributed by atoms with Crippen molar-refractivity contribution < 1.29 is 0 Å². The summed E-state index contributed by atoms with van der Waals surface area (Å²) < 4.78 is 3.95. The Morgan fingerprint density at radius 2 is 1.17 bits per heavy atom. The highest BCUT2D eigenvalue weighted by Crippen LogP contribution is 2.37. The van der Waals surface area contributed by atoms with Crippen molar-refractivity contribution >= 4 is 51.4 Å². The number of rotatable bonds is 4. The summed E-state index contributed by atoms with van der Waals surface area (Å²) in [5.41, 5.74) is 14.9. The van der Waals surface area contributed by atoms with Gasteiger partial charge in [-0.2, -0.15) is 0 Å². The van der Waals surface area contributed by atoms with Gasteiger partial charge in [0.2, 0.25) is 0 Å². The van der Waals surface area contributed by atoms with E-state index in [0.29, 0.717) is 17.4 Å². The number of amidine groups is 2. The molecule has 4 aromatic heterocycles. The molecule has 3 aliphatic rings. The second-order valence-corrected chi connectivity index (χ2v) is 11.6. The van der Waals surface area contributed by atoms with Crippen molar-refractivity contribution in [1.29, 1.82) is 5.41 Å². The van der Waals surface area contributed by atoms with Crippen LogP contribution in [0.25, 0.3) is 11.0 Å². The van der Waals surface area contributed by atoms with E-state index in [9.17, 15) is 0 Å². The molecular weight excluding hydrogens is 526 g/mol. The van der Waals surface area contributed by atoms with Crippen molar-refractivity contribution in [3.8, 4) is 0 Å². The van der Waals surface area contributed by atoms with Crippen LogP contribution in [0.2, 0.25) is 0 Å². The van der Waals surface area contributed by atoms with E-state index >= 15 is 0 Å². The molecule has 0 aromatic carbocycles. The Morgan fingerprint density at radius 1 is 0.714 bits per heavy atom. The number of nitrogens with zero attached hydrogens (tertiary/aromatic N) is 8. The van der Waals surface area contributed by atoms with Crippen LogP contribution in [0.4, 0.5) is 23.0 Å². The first-order valence-corrected chi connectivity index (χ1v) is 14.8. The average molecular weight is 564 g/mol. The van der Waals surface area contributed by atoms with Crippen molar-refractivity contribution in [3.05, 3.63) is 58.6 Å². The molecular formula is C31H37N11. The van der Waals surface area contributed by atoms with Crippen molar-refractivity contribution in [2.24, 2.45) is 15.7 Å². The molecule has 4 N–H and O–H groups in total. The van der Waals surface area contributed by atoms with Crippen LogP contribution in [0.15, 0.2) is 46.0 Å². The molecule has 7 heterocycles. The van der Waals surface area contributed by atoms with E-state index in [4.69, 9.17) is 31.3 Å². The second-order valence-electron chi connectivity index (χ2n) is 11.6. The van der Waals surface area contributed by atoms with Gasteiger partial charge >= 0.3 is 0 Å². The van der Waals surface area contributed by atoms with Crippen molar-refractivity contribution in [1.82, 2.24) is 24.5 Å². The van der Waals surface area contributed by atoms with Gasteiger partial charge in [0.25, 0.3) is 0 Å². The summed E-state index contributed by atoms with van der Waals surface area (Å²) in [6.45, 7) is 12.1. The van der Waals surface area contributed by atoms with Gasteiger partial charge in [0.15, 0.2) is 23.3 Å². The zero-order valence-corrected chi connectivity index (χ0v) is 24.7. The zero-order chi connectivity index (χ0) is 29.1. The first kappa shape index (κ1) is 26.2. The van der Waals surface area contributed by atoms with Crippen LogP contribution in [0.5, 0.6) is 0 Å². The largest absolute Gasteiger partial charge is 0.396 e. The predicted octanol–water partition coefficient (Wildman–Crippen LogP) is 4.64. The lowest BCUT2D eigenvalue weighted by Crippen LogP contribution is -2.42. The monoisotopic (exact) mass is 563 g/mol. The number of fused-ring (bicyclic) bond motifs is 2. The highest BCUT2D eigenvalue weighted by Gasteiger charge is 2.27. The quantitative estimate of drug-likeness (QED) is 0.332. The van der Waals surface area contributed by atoms with Crippen LogP contribution in [-0.4, -0.2) is 62.8 Å². The van der Waals surface area contributed by atoms with Gasteiger partial charge in [-0.3, -0.25) is 5.41 Å². The predicted molar refractivity (Wildman–Crippen MR) is 170 cm³/mol. The average Bonchev–Trinajstić information content (AvgIpc) is 3.78. The third kappa shape index (κ3) is 4.22. The molecule has 0 radical (unpaired) electrons. The highest BCUT2D eigenvalue weighted by atomic mass is 15.4. The molecule has 0 aliphatic carbocycles. The van der Waals surface area contributed by atoms with Gasteiger partial charge in [-0.05, 0) is 82.7 Å². The Labute approximate surface area is 244 Å². The van der Waals surface area contributed by atoms with Crippen molar-refractivity contribution in [3.63, 3.8) is 0 Å². The molecule has 0 atom stereocenters. The maximum absolute atomic E-state index is 8.77. The fraction of sp³-hybridized carbons (Fsp3) is 0.387. The van der Waals surface area contributed by atoms with Crippen molar-refractivity contribution in [2.75, 3.05) is 36.0 Å². The lowest BCUT2D eigenvalue weighted by Gasteiger charge is -2.20. The molecule has 3 aliphatic heterocycles. The van der Waals surface area contributed by atoms with Gasteiger partial charge in [0.05, 0.1) is 22.4 Å². The van der Waals surface area contributed by atoms with E-state index < -0.39 is 0 Å². The fourth-order valence-electron chi connectivity index (χ4n) is 6.06. The molecule has 7 rings (SSSR count). The van der Waals surface area contributed by atoms with Gasteiger partial charge in [-0.1, -0.05) is 12.1 Å². The van der Waals surface area contributed by atoms with Crippen LogP contribution < -0.4 is 20.9 Å². The third-order valence-corrected chi connectivity index (χ3v) is 8.84. The molecule has 2 saturated heterocycles. The molecule has 4 aromatic rings. The summed E-state index contributed by atoms with van der Waals surface area (Å²) in [5, 5.41) is 22.1. The van der Waals surface area contributed by atoms with Gasteiger partial charge < -0.3 is 20.9 Å². The van der Waals surface area contributed by atoms with Crippen LogP contribution in [0, 0.1) is 33.1 Å². The number of aliphatic imine (C=N–C) groups is 2. The Morgan fingerprint density at radius 3 is 1.64 bits per heavy atom. The fourth-order valence-corrected chi connectivity index (χ4v) is 6.06. The van der Waals surface area contributed by atoms with Gasteiger partial charge in [-0.15, -0.1) is 10.2 Å². The summed E-state index contributed by atoms with van der Waals surface area (Å²) in [6.07, 6.45) is 6.15. The van der Waals surface area contributed by atoms with E-state index in [-0.39, 0.29) is 5.71 Å². The summed E-state index contributed by atoms with van der Waals surface area (Å²) >= 11 is 0. The van der Waals surface area contributed by atoms with E-state index in [1.165, 1.54) is 11.1 Å². The third-order valence-electron chi connectivity index (χ3n) is 8.84. The first-order valence-electron chi connectivity index (χ1n) is 14.8. The summed E-state index contributed by atoms with van der Waals surface area (Å²) in [5.74, 6) is 2.55. The molecule has 2 fully saturated rings. The van der Waals surface area contributed by atoms with Crippen LogP contribution >= 0.6 is 0 Å². The van der Waals surface area contributed by atoms with Gasteiger partial charge in [0, 0.05) is 37.6 Å². The second kappa shape index (κ2) is 10.0. The molecule has 0 spiro atoms. The maximum atomic E-state index is 8.77. The Bertz CT molecular complexity index is 1840. The number of aryl methyl sites for hydroxylation is 4. The molecule has 11 nitrogen and oxygen atoms in total. The highest BCUT2D eigenvalue weighted by molar-refractivity contribution is 6.50. The number of nitrogens with one attached hydrogen (secondary N) is 2. The van der Waals surface area contributed by atoms with Crippen molar-refractivity contribution in [2.45, 2.75) is 53.4 Å². The van der Waals surface area contributed by atoms with E-state index in [2.05, 4.69) is 67.1 Å². The SMILES string of the molecule is Cc1ccc2c(/N=C3\N/C(=N/c4c(N5CCCC5)nn5c(C)c(C)ccc45)C(N)=CC3=N)c(N3CCCC3)nn2c1C. The van der Waals surface area contributed by atoms with Crippen LogP contribution in [0.3, 0.4) is 0 Å². The van der Waals surface area contributed by atoms with Crippen LogP contribution in [0.1, 0.15) is 48.2 Å². The number of aromatic nitrogens is 4. The summed E-state index contributed by atoms with van der Waals surface area (Å²) in [7, 11) is 0. The number of hydrogen-bond acceptors (Lipinski definition) is 8. The molecule has 216 valence electrons. The number of pyridine rings is 2. The number of anilines is 2. The minimum absolute atomic E-state index is 0.202. The Balaban J connectivity index is 1.36. The molecule has 42 heavy (non-hydrogen) atoms. The first-order chi connectivity index (χ1) is 20.3. The minimum Gasteiger partial charge on any atom is -0.396 e. The summed E-state index contributed by atoms with van der Waals surface area (Å²) in [4.78, 5) is 14.7. The zero-order valence-electron chi connectivity index (χ0n) is 24.7. The van der Waals surface area contributed by atoms with E-state index in [1.54, 1.807) is 6.08 Å².